The van der Waals surface area contributed by atoms with E-state index in [1.165, 1.54) is 12.9 Å². The van der Waals surface area contributed by atoms with Crippen LogP contribution < -0.4 is 0 Å². The first-order chi connectivity index (χ1) is 15.9. The minimum atomic E-state index is -3.64. The fourth-order valence-corrected chi connectivity index (χ4v) is 16.9. The van der Waals surface area contributed by atoms with E-state index in [1.54, 1.807) is 0 Å². The summed E-state index contributed by atoms with van der Waals surface area (Å²) in [4.78, 5) is 0. The van der Waals surface area contributed by atoms with Crippen LogP contribution in [0.5, 0.6) is 0 Å². The largest absolute Gasteiger partial charge is 0.213 e. The molecule has 1 heterocycles. The second-order valence-corrected chi connectivity index (χ2v) is 36.7. The lowest BCUT2D eigenvalue weighted by Crippen LogP contribution is -2.44. The van der Waals surface area contributed by atoms with Gasteiger partial charge in [0.25, 0.3) is 0 Å². The zero-order valence-electron chi connectivity index (χ0n) is 24.0. The normalized spacial score (nSPS) is 19.6. The second kappa shape index (κ2) is 12.7. The van der Waals surface area contributed by atoms with E-state index in [2.05, 4.69) is 58.9 Å². The molecule has 0 spiro atoms. The minimum Gasteiger partial charge on any atom is -0.212 e. The highest BCUT2D eigenvalue weighted by Gasteiger charge is 2.34. The third-order valence-corrected chi connectivity index (χ3v) is 18.3. The summed E-state index contributed by atoms with van der Waals surface area (Å²) in [5.41, 5.74) is 0. The maximum absolute atomic E-state index is 13.3. The quantitative estimate of drug-likeness (QED) is 0.310. The van der Waals surface area contributed by atoms with E-state index in [1.807, 2.05) is 0 Å². The van der Waals surface area contributed by atoms with Gasteiger partial charge < -0.3 is 0 Å². The Morgan fingerprint density at radius 1 is 0.417 bits per heavy atom. The van der Waals surface area contributed by atoms with E-state index in [4.69, 9.17) is 0 Å². The molecule has 0 atom stereocenters. The van der Waals surface area contributed by atoms with Crippen molar-refractivity contribution in [2.45, 2.75) is 77.1 Å². The molecule has 0 aromatic heterocycles. The molecule has 0 radical (unpaired) electrons. The van der Waals surface area contributed by atoms with Crippen LogP contribution in [0.15, 0.2) is 0 Å². The summed E-state index contributed by atoms with van der Waals surface area (Å²) in [5.74, 6) is 0.0222. The molecule has 36 heavy (non-hydrogen) atoms. The van der Waals surface area contributed by atoms with Crippen LogP contribution in [0.2, 0.25) is 77.1 Å². The summed E-state index contributed by atoms with van der Waals surface area (Å²) in [5, 5.41) is 0. The third kappa shape index (κ3) is 13.0. The topological polar surface area (TPSA) is 112 Å². The number of rotatable bonds is 12. The molecule has 216 valence electrons. The molecule has 0 bridgehead atoms. The van der Waals surface area contributed by atoms with E-state index >= 15 is 0 Å². The zero-order chi connectivity index (χ0) is 28.2. The van der Waals surface area contributed by atoms with Crippen LogP contribution in [0, 0.1) is 0 Å². The third-order valence-electron chi connectivity index (χ3n) is 6.31. The molecule has 0 amide bonds. The van der Waals surface area contributed by atoms with Gasteiger partial charge in [-0.3, -0.25) is 0 Å². The Balaban J connectivity index is 3.26. The average molecular weight is 622 g/mol. The highest BCUT2D eigenvalue weighted by Crippen LogP contribution is 2.19. The molecule has 1 rings (SSSR count). The lowest BCUT2D eigenvalue weighted by atomic mass is 10.5. The van der Waals surface area contributed by atoms with Gasteiger partial charge in [0.2, 0.25) is 30.1 Å². The van der Waals surface area contributed by atoms with Gasteiger partial charge in [-0.15, -0.1) is 0 Å². The predicted molar refractivity (Wildman–Crippen MR) is 161 cm³/mol. The second-order valence-electron chi connectivity index (χ2n) is 13.6. The molecule has 1 fully saturated rings. The van der Waals surface area contributed by atoms with Crippen molar-refractivity contribution >= 4 is 54.3 Å². The van der Waals surface area contributed by atoms with Gasteiger partial charge in [0.05, 0.1) is 17.3 Å². The van der Waals surface area contributed by atoms with Crippen molar-refractivity contribution in [2.75, 3.05) is 56.5 Å². The summed E-state index contributed by atoms with van der Waals surface area (Å²) >= 11 is 0. The van der Waals surface area contributed by atoms with E-state index in [0.717, 1.165) is 0 Å². The predicted octanol–water partition coefficient (Wildman–Crippen LogP) is 2.91. The summed E-state index contributed by atoms with van der Waals surface area (Å²) < 4.78 is 83.5. The zero-order valence-corrected chi connectivity index (χ0v) is 29.5. The molecule has 15 heteroatoms. The van der Waals surface area contributed by atoms with Crippen LogP contribution >= 0.6 is 0 Å². The van der Waals surface area contributed by atoms with Gasteiger partial charge in [0, 0.05) is 63.5 Å². The summed E-state index contributed by atoms with van der Waals surface area (Å²) in [6.45, 7) is 19.3. The molecule has 1 saturated heterocycles. The molecular weight excluding hydrogens is 571 g/mol. The molecule has 1 aliphatic rings. The summed E-state index contributed by atoms with van der Waals surface area (Å²) in [7, 11) is -15.8. The van der Waals surface area contributed by atoms with Crippen molar-refractivity contribution in [3.8, 4) is 0 Å². The standard InChI is InChI=1S/C21H51N3O6S3Si3/c1-34(2,3)19-16-31(25,26)22-10-12-23(32(27,28)17-20-35(4,5)6)14-15-24(13-11-22)33(29,30)18-21-36(7,8)9/h10-21H2,1-9H3. The maximum Gasteiger partial charge on any atom is 0.213 e. The molecule has 0 unspecified atom stereocenters. The minimum absolute atomic E-state index is 0.00741. The average Bonchev–Trinajstić information content (AvgIpc) is 2.79. The van der Waals surface area contributed by atoms with Gasteiger partial charge >= 0.3 is 0 Å². The Labute approximate surface area is 225 Å². The van der Waals surface area contributed by atoms with Crippen LogP contribution in [0.1, 0.15) is 0 Å². The number of nitrogens with zero attached hydrogens (tertiary/aromatic N) is 3. The Morgan fingerprint density at radius 3 is 0.722 bits per heavy atom. The van der Waals surface area contributed by atoms with Crippen molar-refractivity contribution in [1.29, 1.82) is 0 Å². The molecule has 0 N–H and O–H groups in total. The SMILES string of the molecule is C[Si](C)(C)CCS(=O)(=O)N1CCN(S(=O)(=O)CC[Si](C)(C)C)CCN(S(=O)(=O)CC[Si](C)(C)C)CC1. The van der Waals surface area contributed by atoms with Gasteiger partial charge in [0.15, 0.2) is 0 Å². The van der Waals surface area contributed by atoms with Crippen molar-refractivity contribution in [3.05, 3.63) is 0 Å². The van der Waals surface area contributed by atoms with E-state index in [0.29, 0.717) is 18.1 Å². The van der Waals surface area contributed by atoms with E-state index in [-0.39, 0.29) is 56.5 Å². The Kier molecular flexibility index (Phi) is 12.1. The first-order valence-electron chi connectivity index (χ1n) is 12.9. The molecule has 1 aliphatic heterocycles. The fourth-order valence-electron chi connectivity index (χ4n) is 3.53. The molecule has 0 aromatic rings. The Bertz CT molecular complexity index is 886. The smallest absolute Gasteiger partial charge is 0.212 e. The molecule has 0 aliphatic carbocycles. The van der Waals surface area contributed by atoms with Gasteiger partial charge in [0.1, 0.15) is 0 Å². The first-order valence-corrected chi connectivity index (χ1v) is 28.8. The Morgan fingerprint density at radius 2 is 0.583 bits per heavy atom. The molecule has 0 aromatic carbocycles. The van der Waals surface area contributed by atoms with Crippen molar-refractivity contribution in [1.82, 2.24) is 12.9 Å². The van der Waals surface area contributed by atoms with Crippen molar-refractivity contribution in [2.24, 2.45) is 0 Å². The highest BCUT2D eigenvalue weighted by molar-refractivity contribution is 7.90. The highest BCUT2D eigenvalue weighted by atomic mass is 32.2. The van der Waals surface area contributed by atoms with Crippen LogP contribution in [-0.2, 0) is 30.1 Å². The summed E-state index contributed by atoms with van der Waals surface area (Å²) in [6, 6.07) is 1.80. The van der Waals surface area contributed by atoms with E-state index < -0.39 is 54.3 Å². The first kappa shape index (κ1) is 34.4. The number of hydrogen-bond donors (Lipinski definition) is 0. The molecule has 9 nitrogen and oxygen atoms in total. The number of hydrogen-bond acceptors (Lipinski definition) is 6. The van der Waals surface area contributed by atoms with Gasteiger partial charge in [-0.25, -0.2) is 25.3 Å². The molecular formula is C21H51N3O6S3Si3. The Hall–Kier alpha value is 0.381. The maximum atomic E-state index is 13.3. The van der Waals surface area contributed by atoms with Crippen LogP contribution in [0.4, 0.5) is 0 Å². The van der Waals surface area contributed by atoms with Gasteiger partial charge in [-0.1, -0.05) is 58.9 Å². The van der Waals surface area contributed by atoms with Gasteiger partial charge in [-0.05, 0) is 18.1 Å². The molecule has 0 saturated carbocycles. The van der Waals surface area contributed by atoms with Gasteiger partial charge in [-0.2, -0.15) is 12.9 Å². The fraction of sp³-hybridized carbons (Fsp3) is 1.00. The summed E-state index contributed by atoms with van der Waals surface area (Å²) in [6.07, 6.45) is 0. The number of sulfonamides is 3. The van der Waals surface area contributed by atoms with Crippen LogP contribution in [-0.4, -0.2) is 119 Å². The lowest BCUT2D eigenvalue weighted by molar-refractivity contribution is 0.365. The monoisotopic (exact) mass is 621 g/mol. The van der Waals surface area contributed by atoms with Crippen molar-refractivity contribution in [3.63, 3.8) is 0 Å². The van der Waals surface area contributed by atoms with E-state index in [9.17, 15) is 25.3 Å². The van der Waals surface area contributed by atoms with Crippen molar-refractivity contribution < 1.29 is 25.3 Å². The van der Waals surface area contributed by atoms with Crippen LogP contribution in [0.3, 0.4) is 0 Å². The lowest BCUT2D eigenvalue weighted by Gasteiger charge is -2.27. The van der Waals surface area contributed by atoms with Crippen LogP contribution in [0.25, 0.3) is 0 Å².